The summed E-state index contributed by atoms with van der Waals surface area (Å²) in [6.45, 7) is 16.9. The summed E-state index contributed by atoms with van der Waals surface area (Å²) in [6, 6.07) is 8.30. The zero-order chi connectivity index (χ0) is 27.3. The molecule has 0 unspecified atom stereocenters. The summed E-state index contributed by atoms with van der Waals surface area (Å²) in [5.41, 5.74) is 1.39. The molecule has 0 aromatic heterocycles. The van der Waals surface area contributed by atoms with E-state index in [2.05, 4.69) is 0 Å². The molecule has 0 bridgehead atoms. The van der Waals surface area contributed by atoms with Crippen LogP contribution in [0.5, 0.6) is 17.2 Å². The van der Waals surface area contributed by atoms with Crippen molar-refractivity contribution in [2.24, 2.45) is 10.8 Å². The van der Waals surface area contributed by atoms with Gasteiger partial charge in [0.15, 0.2) is 5.78 Å². The van der Waals surface area contributed by atoms with Gasteiger partial charge in [0.05, 0.1) is 17.4 Å². The van der Waals surface area contributed by atoms with E-state index in [4.69, 9.17) is 14.2 Å². The number of esters is 2. The van der Waals surface area contributed by atoms with E-state index in [0.717, 1.165) is 17.5 Å². The Morgan fingerprint density at radius 3 is 1.92 bits per heavy atom. The average molecular weight is 495 g/mol. The second kappa shape index (κ2) is 11.5. The largest absolute Gasteiger partial charge is 0.493 e. The monoisotopic (exact) mass is 494 g/mol. The van der Waals surface area contributed by atoms with Gasteiger partial charge in [-0.15, -0.1) is 0 Å². The highest BCUT2D eigenvalue weighted by atomic mass is 16.5. The van der Waals surface area contributed by atoms with Gasteiger partial charge in [-0.3, -0.25) is 14.4 Å². The van der Waals surface area contributed by atoms with Crippen LogP contribution in [0, 0.1) is 24.7 Å². The van der Waals surface area contributed by atoms with Gasteiger partial charge in [0.1, 0.15) is 17.2 Å². The van der Waals surface area contributed by atoms with Gasteiger partial charge in [-0.05, 0) is 110 Å². The smallest absolute Gasteiger partial charge is 0.316 e. The minimum atomic E-state index is -0.644. The average Bonchev–Trinajstić information content (AvgIpc) is 2.78. The third kappa shape index (κ3) is 7.54. The lowest BCUT2D eigenvalue weighted by atomic mass is 9.97. The Balaban J connectivity index is 2.31. The molecule has 6 heteroatoms. The number of ketones is 1. The number of benzene rings is 2. The summed E-state index contributed by atoms with van der Waals surface area (Å²) in [5, 5.41) is 0. The van der Waals surface area contributed by atoms with E-state index >= 15 is 0 Å². The molecule has 0 aliphatic heterocycles. The molecule has 0 saturated carbocycles. The van der Waals surface area contributed by atoms with Crippen LogP contribution >= 0.6 is 0 Å². The molecule has 0 amide bonds. The molecule has 0 saturated heterocycles. The maximum absolute atomic E-state index is 12.8. The van der Waals surface area contributed by atoms with E-state index in [1.807, 2.05) is 26.8 Å². The van der Waals surface area contributed by atoms with Crippen LogP contribution in [0.25, 0.3) is 6.08 Å². The number of carbonyl (C=O) groups excluding carboxylic acids is 3. The van der Waals surface area contributed by atoms with Crippen molar-refractivity contribution in [1.29, 1.82) is 0 Å². The normalized spacial score (nSPS) is 11.9. The number of carbonyl (C=O) groups is 3. The Kier molecular flexibility index (Phi) is 9.25. The molecule has 0 radical (unpaired) electrons. The molecule has 2 rings (SSSR count). The van der Waals surface area contributed by atoms with Crippen molar-refractivity contribution in [2.75, 3.05) is 6.61 Å². The fourth-order valence-corrected chi connectivity index (χ4v) is 3.11. The third-order valence-corrected chi connectivity index (χ3v) is 5.31. The van der Waals surface area contributed by atoms with Crippen molar-refractivity contribution in [2.45, 2.75) is 68.7 Å². The van der Waals surface area contributed by atoms with Crippen molar-refractivity contribution in [1.82, 2.24) is 0 Å². The molecule has 194 valence electrons. The van der Waals surface area contributed by atoms with Crippen LogP contribution in [0.3, 0.4) is 0 Å². The number of ether oxygens (including phenoxy) is 3. The Hall–Kier alpha value is -3.41. The maximum atomic E-state index is 12.8. The molecule has 0 atom stereocenters. The van der Waals surface area contributed by atoms with Gasteiger partial charge in [0.25, 0.3) is 0 Å². The predicted molar refractivity (Wildman–Crippen MR) is 142 cm³/mol. The standard InChI is InChI=1S/C30H38O6/c1-10-17-34-26-20(3)25(36-28(33)30(7,8)9)19(2)18-22(26)13-16-24(31)21-11-14-23(15-12-21)35-27(32)29(4,5)6/h11-16,18H,10,17H2,1-9H3/b16-13+. The lowest BCUT2D eigenvalue weighted by Gasteiger charge is -2.21. The minimum absolute atomic E-state index is 0.205. The number of hydrogen-bond acceptors (Lipinski definition) is 6. The molecule has 0 N–H and O–H groups in total. The van der Waals surface area contributed by atoms with Crippen molar-refractivity contribution in [3.63, 3.8) is 0 Å². The molecular weight excluding hydrogens is 456 g/mol. The first-order valence-corrected chi connectivity index (χ1v) is 12.2. The fraction of sp³-hybridized carbons (Fsp3) is 0.433. The summed E-state index contributed by atoms with van der Waals surface area (Å²) in [4.78, 5) is 37.4. The first kappa shape index (κ1) is 28.8. The summed E-state index contributed by atoms with van der Waals surface area (Å²) in [7, 11) is 0. The van der Waals surface area contributed by atoms with Crippen molar-refractivity contribution in [3.05, 3.63) is 58.7 Å². The molecule has 2 aromatic rings. The van der Waals surface area contributed by atoms with Crippen molar-refractivity contribution in [3.8, 4) is 17.2 Å². The van der Waals surface area contributed by atoms with E-state index in [-0.39, 0.29) is 17.7 Å². The Morgan fingerprint density at radius 1 is 0.833 bits per heavy atom. The molecule has 0 aliphatic rings. The number of aryl methyl sites for hydroxylation is 1. The van der Waals surface area contributed by atoms with Crippen LogP contribution in [0.1, 0.15) is 81.9 Å². The van der Waals surface area contributed by atoms with Crippen molar-refractivity contribution >= 4 is 23.8 Å². The zero-order valence-electron chi connectivity index (χ0n) is 22.9. The fourth-order valence-electron chi connectivity index (χ4n) is 3.11. The minimum Gasteiger partial charge on any atom is -0.493 e. The Bertz CT molecular complexity index is 1140. The highest BCUT2D eigenvalue weighted by molar-refractivity contribution is 6.07. The summed E-state index contributed by atoms with van der Waals surface area (Å²) in [6.07, 6.45) is 3.99. The summed E-state index contributed by atoms with van der Waals surface area (Å²) in [5.74, 6) is 0.562. The van der Waals surface area contributed by atoms with E-state index in [9.17, 15) is 14.4 Å². The van der Waals surface area contributed by atoms with E-state index in [0.29, 0.717) is 35.0 Å². The molecule has 2 aromatic carbocycles. The third-order valence-electron chi connectivity index (χ3n) is 5.31. The first-order valence-electron chi connectivity index (χ1n) is 12.2. The van der Waals surface area contributed by atoms with Gasteiger partial charge in [0.2, 0.25) is 0 Å². The van der Waals surface area contributed by atoms with Gasteiger partial charge in [0, 0.05) is 16.7 Å². The molecule has 0 heterocycles. The zero-order valence-corrected chi connectivity index (χ0v) is 22.9. The summed E-state index contributed by atoms with van der Waals surface area (Å²) >= 11 is 0. The predicted octanol–water partition coefficient (Wildman–Crippen LogP) is 6.89. The Morgan fingerprint density at radius 2 is 1.39 bits per heavy atom. The number of allylic oxidation sites excluding steroid dienone is 1. The van der Waals surface area contributed by atoms with Gasteiger partial charge in [-0.1, -0.05) is 6.92 Å². The highest BCUT2D eigenvalue weighted by Crippen LogP contribution is 2.37. The van der Waals surface area contributed by atoms with Crippen molar-refractivity contribution < 1.29 is 28.6 Å². The molecule has 36 heavy (non-hydrogen) atoms. The molecular formula is C30H38O6. The molecule has 6 nitrogen and oxygen atoms in total. The van der Waals surface area contributed by atoms with Gasteiger partial charge in [-0.25, -0.2) is 0 Å². The van der Waals surface area contributed by atoms with Gasteiger partial charge in [-0.2, -0.15) is 0 Å². The number of rotatable bonds is 8. The SMILES string of the molecule is CCCOc1c(/C=C/C(=O)c2ccc(OC(=O)C(C)(C)C)cc2)cc(C)c(OC(=O)C(C)(C)C)c1C. The molecule has 0 spiro atoms. The van der Waals surface area contributed by atoms with Crippen LogP contribution in [-0.4, -0.2) is 24.3 Å². The Labute approximate surface area is 214 Å². The van der Waals surface area contributed by atoms with Crippen LogP contribution in [-0.2, 0) is 9.59 Å². The lowest BCUT2D eigenvalue weighted by Crippen LogP contribution is -2.26. The first-order chi connectivity index (χ1) is 16.6. The lowest BCUT2D eigenvalue weighted by molar-refractivity contribution is -0.143. The van der Waals surface area contributed by atoms with E-state index in [1.54, 1.807) is 71.9 Å². The highest BCUT2D eigenvalue weighted by Gasteiger charge is 2.26. The van der Waals surface area contributed by atoms with Gasteiger partial charge >= 0.3 is 11.9 Å². The van der Waals surface area contributed by atoms with E-state index in [1.165, 1.54) is 6.08 Å². The second-order valence-corrected chi connectivity index (χ2v) is 10.9. The van der Waals surface area contributed by atoms with Crippen LogP contribution in [0.2, 0.25) is 0 Å². The second-order valence-electron chi connectivity index (χ2n) is 10.9. The molecule has 0 aliphatic carbocycles. The van der Waals surface area contributed by atoms with Crippen LogP contribution in [0.15, 0.2) is 36.4 Å². The summed E-state index contributed by atoms with van der Waals surface area (Å²) < 4.78 is 17.1. The quantitative estimate of drug-likeness (QED) is 0.172. The number of hydrogen-bond donors (Lipinski definition) is 0. The molecule has 0 fully saturated rings. The van der Waals surface area contributed by atoms with Crippen LogP contribution in [0.4, 0.5) is 0 Å². The van der Waals surface area contributed by atoms with Crippen LogP contribution < -0.4 is 14.2 Å². The topological polar surface area (TPSA) is 78.9 Å². The van der Waals surface area contributed by atoms with E-state index < -0.39 is 10.8 Å². The van der Waals surface area contributed by atoms with Gasteiger partial charge < -0.3 is 14.2 Å². The maximum Gasteiger partial charge on any atom is 0.316 e.